The van der Waals surface area contributed by atoms with Gasteiger partial charge in [-0.15, -0.1) is 0 Å². The lowest BCUT2D eigenvalue weighted by atomic mass is 10.0. The third kappa shape index (κ3) is 5.13. The first-order valence-corrected chi connectivity index (χ1v) is 10.9. The van der Waals surface area contributed by atoms with E-state index in [0.717, 1.165) is 42.9 Å². The van der Waals surface area contributed by atoms with Gasteiger partial charge in [0.05, 0.1) is 22.9 Å². The van der Waals surface area contributed by atoms with Gasteiger partial charge >= 0.3 is 12.4 Å². The van der Waals surface area contributed by atoms with E-state index in [1.54, 1.807) is 6.07 Å². The normalized spacial score (nSPS) is 12.1. The van der Waals surface area contributed by atoms with Crippen LogP contribution in [0.5, 0.6) is 5.75 Å². The summed E-state index contributed by atoms with van der Waals surface area (Å²) in [6.07, 6.45) is -9.45. The molecule has 0 saturated carbocycles. The molecule has 0 unspecified atom stereocenters. The molecule has 3 aromatic carbocycles. The topological polar surface area (TPSA) is 51.2 Å². The van der Waals surface area contributed by atoms with Crippen LogP contribution in [0.2, 0.25) is 0 Å². The highest BCUT2D eigenvalue weighted by Crippen LogP contribution is 2.37. The summed E-state index contributed by atoms with van der Waals surface area (Å²) in [6.45, 7) is -0.201. The lowest BCUT2D eigenvalue weighted by Gasteiger charge is -2.13. The van der Waals surface area contributed by atoms with Crippen molar-refractivity contribution in [1.29, 1.82) is 0 Å². The molecule has 0 atom stereocenters. The molecule has 1 amide bonds. The number of benzene rings is 3. The van der Waals surface area contributed by atoms with Crippen LogP contribution in [0.15, 0.2) is 54.6 Å². The van der Waals surface area contributed by atoms with E-state index in [1.807, 2.05) is 0 Å². The van der Waals surface area contributed by atoms with Gasteiger partial charge in [0.1, 0.15) is 17.3 Å². The zero-order chi connectivity index (χ0) is 26.3. The van der Waals surface area contributed by atoms with Gasteiger partial charge in [-0.1, -0.05) is 24.3 Å². The Balaban J connectivity index is 1.54. The fraction of sp³-hybridized carbons (Fsp3) is 0.167. The van der Waals surface area contributed by atoms with Gasteiger partial charge in [0.2, 0.25) is 0 Å². The number of nitrogens with zero attached hydrogens (tertiary/aromatic N) is 1. The molecule has 188 valence electrons. The average Bonchev–Trinajstić information content (AvgIpc) is 3.24. The highest BCUT2D eigenvalue weighted by Gasteiger charge is 2.35. The van der Waals surface area contributed by atoms with Crippen molar-refractivity contribution >= 4 is 27.5 Å². The molecule has 0 bridgehead atoms. The van der Waals surface area contributed by atoms with Gasteiger partial charge in [0, 0.05) is 11.9 Å². The number of fused-ring (bicyclic) bond motifs is 1. The van der Waals surface area contributed by atoms with E-state index < -0.39 is 35.2 Å². The summed E-state index contributed by atoms with van der Waals surface area (Å²) in [5.74, 6) is -2.37. The summed E-state index contributed by atoms with van der Waals surface area (Å²) in [6, 6.07) is 10.6. The van der Waals surface area contributed by atoms with Crippen molar-refractivity contribution in [3.05, 3.63) is 82.8 Å². The first kappa shape index (κ1) is 25.4. The van der Waals surface area contributed by atoms with Crippen LogP contribution >= 0.6 is 11.5 Å². The molecule has 12 heteroatoms. The maximum atomic E-state index is 14.0. The van der Waals surface area contributed by atoms with E-state index in [2.05, 4.69) is 9.69 Å². The van der Waals surface area contributed by atoms with Crippen molar-refractivity contribution in [2.75, 3.05) is 7.11 Å². The van der Waals surface area contributed by atoms with Crippen LogP contribution in [-0.4, -0.2) is 17.4 Å². The van der Waals surface area contributed by atoms with Crippen LogP contribution in [0, 0.1) is 5.82 Å². The van der Waals surface area contributed by atoms with Gasteiger partial charge in [-0.2, -0.15) is 30.7 Å². The van der Waals surface area contributed by atoms with Crippen molar-refractivity contribution in [1.82, 2.24) is 9.69 Å². The molecule has 0 fully saturated rings. The molecule has 1 heterocycles. The van der Waals surface area contributed by atoms with Crippen LogP contribution in [-0.2, 0) is 18.9 Å². The van der Waals surface area contributed by atoms with Gasteiger partial charge in [-0.05, 0) is 58.6 Å². The molecule has 0 radical (unpaired) electrons. The van der Waals surface area contributed by atoms with E-state index in [-0.39, 0.29) is 29.1 Å². The SMILES string of the molecule is COc1ccc(CNC(=O)c2nsc3cc(-c4ccc(C(F)(F)F)c(F)c4)ccc23)cc1C(F)(F)F. The second kappa shape index (κ2) is 9.41. The van der Waals surface area contributed by atoms with Crippen LogP contribution < -0.4 is 10.1 Å². The minimum atomic E-state index is -4.81. The first-order chi connectivity index (χ1) is 16.9. The van der Waals surface area contributed by atoms with Crippen molar-refractivity contribution in [2.45, 2.75) is 18.9 Å². The lowest BCUT2D eigenvalue weighted by Crippen LogP contribution is -2.23. The third-order valence-corrected chi connectivity index (χ3v) is 6.13. The highest BCUT2D eigenvalue weighted by atomic mass is 32.1. The van der Waals surface area contributed by atoms with Crippen LogP contribution in [0.25, 0.3) is 21.2 Å². The molecule has 4 rings (SSSR count). The minimum Gasteiger partial charge on any atom is -0.496 e. The van der Waals surface area contributed by atoms with Crippen molar-refractivity contribution in [3.8, 4) is 16.9 Å². The van der Waals surface area contributed by atoms with Gasteiger partial charge in [0.15, 0.2) is 0 Å². The number of ether oxygens (including phenoxy) is 1. The van der Waals surface area contributed by atoms with E-state index >= 15 is 0 Å². The predicted molar refractivity (Wildman–Crippen MR) is 119 cm³/mol. The zero-order valence-electron chi connectivity index (χ0n) is 18.2. The second-order valence-electron chi connectivity index (χ2n) is 7.65. The smallest absolute Gasteiger partial charge is 0.419 e. The maximum absolute atomic E-state index is 14.0. The summed E-state index contributed by atoms with van der Waals surface area (Å²) in [4.78, 5) is 12.7. The summed E-state index contributed by atoms with van der Waals surface area (Å²) in [5, 5.41) is 2.95. The van der Waals surface area contributed by atoms with Crippen LogP contribution in [0.3, 0.4) is 0 Å². The van der Waals surface area contributed by atoms with Gasteiger partial charge in [0.25, 0.3) is 5.91 Å². The molecule has 1 aromatic heterocycles. The summed E-state index contributed by atoms with van der Waals surface area (Å²) < 4.78 is 101. The van der Waals surface area contributed by atoms with E-state index in [0.29, 0.717) is 21.7 Å². The summed E-state index contributed by atoms with van der Waals surface area (Å²) >= 11 is 0.945. The first-order valence-electron chi connectivity index (χ1n) is 10.2. The Morgan fingerprint density at radius 2 is 1.58 bits per heavy atom. The molecule has 4 aromatic rings. The molecule has 0 saturated heterocycles. The molecule has 0 aliphatic carbocycles. The fourth-order valence-corrected chi connectivity index (χ4v) is 4.37. The Morgan fingerprint density at radius 3 is 2.22 bits per heavy atom. The van der Waals surface area contributed by atoms with E-state index in [4.69, 9.17) is 4.74 Å². The monoisotopic (exact) mass is 528 g/mol. The third-order valence-electron chi connectivity index (χ3n) is 5.32. The Labute approximate surface area is 203 Å². The number of nitrogens with one attached hydrogen (secondary N) is 1. The molecule has 36 heavy (non-hydrogen) atoms. The number of hydrogen-bond acceptors (Lipinski definition) is 4. The molecular weight excluding hydrogens is 513 g/mol. The summed E-state index contributed by atoms with van der Waals surface area (Å²) in [5.41, 5.74) is -1.48. The minimum absolute atomic E-state index is 0.0321. The molecular formula is C24H15F7N2O2S. The highest BCUT2D eigenvalue weighted by molar-refractivity contribution is 7.13. The Kier molecular flexibility index (Phi) is 6.65. The van der Waals surface area contributed by atoms with Gasteiger partial charge < -0.3 is 10.1 Å². The Hall–Kier alpha value is -3.67. The average molecular weight is 528 g/mol. The Bertz CT molecular complexity index is 1440. The maximum Gasteiger partial charge on any atom is 0.419 e. The number of halogens is 7. The number of rotatable bonds is 5. The largest absolute Gasteiger partial charge is 0.496 e. The fourth-order valence-electron chi connectivity index (χ4n) is 3.56. The zero-order valence-corrected chi connectivity index (χ0v) is 19.0. The molecule has 4 nitrogen and oxygen atoms in total. The van der Waals surface area contributed by atoms with Crippen molar-refractivity contribution in [3.63, 3.8) is 0 Å². The predicted octanol–water partition coefficient (Wildman–Crippen LogP) is 7.08. The number of hydrogen-bond donors (Lipinski definition) is 1. The van der Waals surface area contributed by atoms with Crippen LogP contribution in [0.1, 0.15) is 27.2 Å². The number of carbonyl (C=O) groups is 1. The quantitative estimate of drug-likeness (QED) is 0.282. The molecule has 0 aliphatic rings. The molecule has 1 N–H and O–H groups in total. The lowest BCUT2D eigenvalue weighted by molar-refractivity contribution is -0.140. The van der Waals surface area contributed by atoms with Crippen LogP contribution in [0.4, 0.5) is 30.7 Å². The van der Waals surface area contributed by atoms with E-state index in [1.165, 1.54) is 18.2 Å². The second-order valence-corrected chi connectivity index (χ2v) is 8.45. The number of methoxy groups -OCH3 is 1. The van der Waals surface area contributed by atoms with Gasteiger partial charge in [-0.3, -0.25) is 4.79 Å². The number of aromatic nitrogens is 1. The number of carbonyl (C=O) groups excluding carboxylic acids is 1. The van der Waals surface area contributed by atoms with Gasteiger partial charge in [-0.25, -0.2) is 4.39 Å². The molecule has 0 aliphatic heterocycles. The number of amides is 1. The van der Waals surface area contributed by atoms with Crippen molar-refractivity contribution < 1.29 is 40.3 Å². The molecule has 0 spiro atoms. The standard InChI is InChI=1S/C24H15F7N2O2S/c1-35-19-7-2-12(8-17(19)24(29,30)31)11-32-22(34)21-15-5-3-14(10-20(15)36-33-21)13-4-6-16(18(25)9-13)23(26,27)28/h2-10H,11H2,1H3,(H,32,34). The van der Waals surface area contributed by atoms with E-state index in [9.17, 15) is 35.5 Å². The van der Waals surface area contributed by atoms with Crippen molar-refractivity contribution in [2.24, 2.45) is 0 Å². The summed E-state index contributed by atoms with van der Waals surface area (Å²) in [7, 11) is 1.12. The number of alkyl halides is 6. The Morgan fingerprint density at radius 1 is 0.917 bits per heavy atom.